The van der Waals surface area contributed by atoms with Crippen LogP contribution in [0.1, 0.15) is 87.8 Å². The van der Waals surface area contributed by atoms with Crippen molar-refractivity contribution < 1.29 is 82.2 Å². The van der Waals surface area contributed by atoms with Crippen LogP contribution in [0.5, 0.6) is 0 Å². The highest BCUT2D eigenvalue weighted by Crippen LogP contribution is 2.46. The zero-order valence-electron chi connectivity index (χ0n) is 129. The number of hydrogen-bond donors (Lipinski definition) is 0. The Morgan fingerprint density at radius 3 is 0.544 bits per heavy atom. The van der Waals surface area contributed by atoms with Gasteiger partial charge in [-0.25, -0.2) is 0 Å². The average molecular weight is 1800 g/mol. The topological polar surface area (TPSA) is 44.4 Å². The van der Waals surface area contributed by atoms with Crippen molar-refractivity contribution in [1.29, 1.82) is 0 Å². The fraction of sp³-hybridized carbons (Fsp3) is 0.00787. The highest BCUT2D eigenvalue weighted by molar-refractivity contribution is 6.19. The minimum atomic E-state index is -3.10. The molecule has 0 N–H and O–H groups in total. The molecular weight excluding hydrogens is 1650 g/mol. The molecule has 0 radical (unpaired) electrons. The first-order valence-electron chi connectivity index (χ1n) is 71.9. The molecule has 0 atom stereocenters. The van der Waals surface area contributed by atoms with Crippen LogP contribution >= 0.6 is 0 Å². The van der Waals surface area contributed by atoms with Crippen LogP contribution in [0.2, 0.25) is 0 Å². The van der Waals surface area contributed by atoms with Crippen molar-refractivity contribution in [2.75, 3.05) is 0 Å². The predicted molar refractivity (Wildman–Crippen MR) is 573 cm³/mol. The van der Waals surface area contributed by atoms with E-state index in [4.69, 9.17) is 80.9 Å². The van der Waals surface area contributed by atoms with Crippen molar-refractivity contribution in [2.45, 2.75) is 6.85 Å². The van der Waals surface area contributed by atoms with E-state index in [0.29, 0.717) is 33.2 Å². The van der Waals surface area contributed by atoms with E-state index < -0.39 is 363 Å². The van der Waals surface area contributed by atoms with E-state index in [0.717, 1.165) is 5.69 Å². The summed E-state index contributed by atoms with van der Waals surface area (Å²) >= 11 is 0. The number of benzene rings is 21. The Labute approximate surface area is 865 Å². The van der Waals surface area contributed by atoms with Crippen molar-refractivity contribution in [3.8, 4) is 51.2 Å². The van der Waals surface area contributed by atoms with E-state index in [9.17, 15) is 1.37 Å². The SMILES string of the molecule is [2H]c1c([2H])c(-n2c3ccc(-n4c5c([2H])c([2H])c([2H])c([2H])c5c5c([2H])c([2H])c([2H])c([2H])c54)cc3c3cc(-n4c5c([2H])c([2H])c([2H])c([2H])c5c5c([2H])c([2H])c([2H])c([2H])c54)ccc32)c([2H])c(C([2H])([2H])[2H])c1[2H].[2H]c1c([2H])c([2H])c(-n2c3ccc(-n4c5c([2H])c([2H])c([2H])c([2H])c5c5c([2H])c([2H])c([2H])c([2H])c54)cc3c3cc(-n4c5c([2H])c([2H])c([2H])c([2H])c5c5c([2H])c([2H])c([2H])c([2H])c54)ccc32)c([2H])c1[2H].[2H]c1c([2H])c([2H])c2c(c1[2H])c1c([2H])c([2H])c([2H])c([2H])c1n2-c1ccc2c(c1)c1cc(-n3c4c([2H])c([2H])c([2H])c([2H])c4c4c([2H])c([2H])c([2H])c([2H])c43)ccc1n2-c1ccccc1. The van der Waals surface area contributed by atoms with Gasteiger partial charge in [0.2, 0.25) is 0 Å². The molecule has 0 fully saturated rings. The summed E-state index contributed by atoms with van der Waals surface area (Å²) in [5.74, 6) is 0. The van der Waals surface area contributed by atoms with Crippen LogP contribution in [0.4, 0.5) is 0 Å². The van der Waals surface area contributed by atoms with Crippen molar-refractivity contribution in [1.82, 2.24) is 41.1 Å². The molecule has 0 unspecified atom stereocenters. The Balaban J connectivity index is 0.000000131. The number of fused-ring (bicyclic) bond motifs is 27. The van der Waals surface area contributed by atoms with E-state index in [-0.39, 0.29) is 203 Å². The monoisotopic (exact) mass is 1790 g/mol. The molecule has 9 heterocycles. The van der Waals surface area contributed by atoms with E-state index in [1.54, 1.807) is 36.4 Å². The van der Waals surface area contributed by atoms with Gasteiger partial charge in [-0.3, -0.25) is 0 Å². The standard InChI is InChI=1S/C43H29N3.2C42H27N3/c1-28-11-10-12-29(25-28)44-42-23-21-30(45-38-17-6-2-13-32(38)33-14-3-7-18-39(33)45)26-36(42)37-27-31(22-24-43(37)44)46-40-19-8-4-15-34(40)35-16-5-9-20-41(35)46;2*1-2-12-28(13-3-1)43-41-24-22-29(44-37-18-8-4-14-31(37)32-15-5-9-19-38(32)44)26-35(41)36-27-30(23-25-42(36)43)45-39-20-10-6-16-33(39)34-17-7-11-21-40(34)45/h2-27H,1H3;2*1-27H/i1D3,2D,3D,4D,5D,6D,7D,8D,9D,10D,11D,12D,13D,14D,15D,16D,17D,18D,19D,20D,25D;1D,2D,3D,4D,5D,6D,7D,8D,9D,10D,11D,12D,13D,14D,15D,16D,17D,18D,19D,20D,21D;4D,5D,6D,7D,8D,9D,10D,11D,14D,15D,16D,17D,18D,19D,20D,21D. The Morgan fingerprint density at radius 2 is 0.324 bits per heavy atom. The molecule has 21 aromatic carbocycles. The number of rotatable bonds is 9. The lowest BCUT2D eigenvalue weighted by molar-refractivity contribution is 1.15. The van der Waals surface area contributed by atoms with Gasteiger partial charge in [0.25, 0.3) is 0 Å². The number of nitrogens with zero attached hydrogens (tertiary/aromatic N) is 9. The van der Waals surface area contributed by atoms with Crippen molar-refractivity contribution in [3.05, 3.63) is 490 Å². The van der Waals surface area contributed by atoms with Crippen LogP contribution in [-0.4, -0.2) is 41.1 Å². The van der Waals surface area contributed by atoms with Gasteiger partial charge in [0.1, 0.15) is 0 Å². The smallest absolute Gasteiger partial charge is 0.0648 e. The largest absolute Gasteiger partial charge is 0.309 e. The molecule has 636 valence electrons. The van der Waals surface area contributed by atoms with E-state index in [1.807, 2.05) is 34.9 Å². The van der Waals surface area contributed by atoms with Gasteiger partial charge >= 0.3 is 0 Å². The quantitative estimate of drug-likeness (QED) is 0.138. The van der Waals surface area contributed by atoms with Gasteiger partial charge in [-0.2, -0.15) is 0 Å². The van der Waals surface area contributed by atoms with Gasteiger partial charge in [0, 0.05) is 152 Å². The fourth-order valence-corrected chi connectivity index (χ4v) is 19.0. The molecule has 30 aromatic rings. The normalized spacial score (nSPS) is 18.3. The van der Waals surface area contributed by atoms with Gasteiger partial charge in [-0.15, -0.1) is 0 Å². The lowest BCUT2D eigenvalue weighted by Crippen LogP contribution is -1.96. The minimum Gasteiger partial charge on any atom is -0.309 e. The summed E-state index contributed by atoms with van der Waals surface area (Å²) < 4.78 is 536. The van der Waals surface area contributed by atoms with Crippen LogP contribution < -0.4 is 0 Å². The second-order valence-electron chi connectivity index (χ2n) is 31.4. The summed E-state index contributed by atoms with van der Waals surface area (Å²) in [6, 6.07) is 3.80. The lowest BCUT2D eigenvalue weighted by Gasteiger charge is -2.11. The molecule has 136 heavy (non-hydrogen) atoms. The van der Waals surface area contributed by atoms with Gasteiger partial charge < -0.3 is 41.1 Å². The third-order valence-corrected chi connectivity index (χ3v) is 24.5. The summed E-state index contributed by atoms with van der Waals surface area (Å²) in [5, 5.41) is 0.179. The molecule has 0 saturated heterocycles. The minimum absolute atomic E-state index is 0.0478. The third-order valence-electron chi connectivity index (χ3n) is 24.5. The highest BCUT2D eigenvalue weighted by atomic mass is 15.1. The molecule has 0 aliphatic carbocycles. The second-order valence-corrected chi connectivity index (χ2v) is 31.4. The maximum Gasteiger partial charge on any atom is 0.0648 e. The molecule has 0 amide bonds. The van der Waals surface area contributed by atoms with Crippen molar-refractivity contribution in [3.63, 3.8) is 0 Å². The Kier molecular flexibility index (Phi) is 8.58. The molecular formula is C127H83N9. The average Bonchev–Trinajstić information content (AvgIpc) is 1.52. The molecule has 0 saturated carbocycles. The second kappa shape index (κ2) is 30.5. The summed E-state index contributed by atoms with van der Waals surface area (Å²) in [7, 11) is 0. The first kappa shape index (κ1) is 38.3. The van der Waals surface area contributed by atoms with Gasteiger partial charge in [0.05, 0.1) is 177 Å². The van der Waals surface area contributed by atoms with Gasteiger partial charge in [-0.05, 0) is 230 Å². The Bertz CT molecular complexity index is 12900. The fourth-order valence-electron chi connectivity index (χ4n) is 19.0. The van der Waals surface area contributed by atoms with Crippen LogP contribution in [0.3, 0.4) is 0 Å². The zero-order valence-corrected chi connectivity index (χ0v) is 69.3. The number of aromatic nitrogens is 9. The predicted octanol–water partition coefficient (Wildman–Crippen LogP) is 33.2. The van der Waals surface area contributed by atoms with Crippen molar-refractivity contribution >= 4 is 196 Å². The van der Waals surface area contributed by atoms with E-state index >= 15 is 0 Å². The molecule has 9 aromatic heterocycles. The van der Waals surface area contributed by atoms with Crippen LogP contribution in [0.25, 0.3) is 247 Å². The van der Waals surface area contributed by atoms with E-state index in [2.05, 4.69) is 0 Å². The highest BCUT2D eigenvalue weighted by Gasteiger charge is 2.25. The third kappa shape index (κ3) is 11.7. The summed E-state index contributed by atoms with van der Waals surface area (Å²) in [6.45, 7) is -3.10. The molecule has 9 nitrogen and oxygen atoms in total. The number of para-hydroxylation sites is 14. The van der Waals surface area contributed by atoms with Gasteiger partial charge in [-0.1, -0.05) is 266 Å². The first-order valence-corrected chi connectivity index (χ1v) is 41.9. The molecule has 0 bridgehead atoms. The van der Waals surface area contributed by atoms with E-state index in [1.165, 1.54) is 109 Å². The molecule has 9 heteroatoms. The Morgan fingerprint density at radius 1 is 0.140 bits per heavy atom. The van der Waals surface area contributed by atoms with Crippen LogP contribution in [0, 0.1) is 6.85 Å². The maximum atomic E-state index is 9.21. The number of hydrogen-bond acceptors (Lipinski definition) is 0. The van der Waals surface area contributed by atoms with Crippen molar-refractivity contribution in [2.24, 2.45) is 0 Å². The molecule has 0 aliphatic heterocycles. The molecule has 30 rings (SSSR count). The summed E-state index contributed by atoms with van der Waals surface area (Å²) in [5.41, 5.74) is 0.494. The molecule has 0 aliphatic rings. The van der Waals surface area contributed by atoms with Crippen LogP contribution in [0.15, 0.2) is 484 Å². The Hall–Kier alpha value is -18.2. The van der Waals surface area contributed by atoms with Gasteiger partial charge in [0.15, 0.2) is 0 Å². The zero-order chi connectivity index (χ0) is 141. The summed E-state index contributed by atoms with van der Waals surface area (Å²) in [4.78, 5) is 0. The maximum absolute atomic E-state index is 9.21. The van der Waals surface area contributed by atoms with Crippen LogP contribution in [-0.2, 0) is 0 Å². The summed E-state index contributed by atoms with van der Waals surface area (Å²) in [6.07, 6.45) is 0. The lowest BCUT2D eigenvalue weighted by atomic mass is 10.1. The first-order chi connectivity index (χ1) is 92.3. The molecule has 0 spiro atoms.